The van der Waals surface area contributed by atoms with Crippen molar-refractivity contribution in [1.29, 1.82) is 0 Å². The Labute approximate surface area is 106 Å². The molecule has 0 saturated carbocycles. The lowest BCUT2D eigenvalue weighted by molar-refractivity contribution is 0.102. The molecule has 10 heteroatoms. The molecule has 1 amide bonds. The summed E-state index contributed by atoms with van der Waals surface area (Å²) in [4.78, 5) is 15.3. The summed E-state index contributed by atoms with van der Waals surface area (Å²) in [6, 6.07) is 0. The molecule has 0 aliphatic rings. The van der Waals surface area contributed by atoms with Crippen LogP contribution in [0.1, 0.15) is 10.5 Å². The fourth-order valence-electron chi connectivity index (χ4n) is 1.26. The van der Waals surface area contributed by atoms with Crippen LogP contribution in [0.25, 0.3) is 0 Å². The molecule has 0 spiro atoms. The molecule has 0 aliphatic heterocycles. The van der Waals surface area contributed by atoms with E-state index in [4.69, 9.17) is 5.14 Å². The minimum Gasteiger partial charge on any atom is -0.303 e. The zero-order valence-electron chi connectivity index (χ0n) is 9.19. The average molecular weight is 287 g/mol. The number of aromatic nitrogens is 3. The van der Waals surface area contributed by atoms with Crippen LogP contribution in [0.2, 0.25) is 0 Å². The fourth-order valence-corrected chi connectivity index (χ4v) is 2.45. The van der Waals surface area contributed by atoms with Crippen LogP contribution in [0.5, 0.6) is 0 Å². The molecular formula is C8H9N5O3S2. The van der Waals surface area contributed by atoms with Gasteiger partial charge in [0.05, 0.1) is 5.51 Å². The van der Waals surface area contributed by atoms with E-state index in [0.717, 1.165) is 0 Å². The lowest BCUT2D eigenvalue weighted by atomic mass is 10.4. The highest BCUT2D eigenvalue weighted by Gasteiger charge is 2.20. The highest BCUT2D eigenvalue weighted by molar-refractivity contribution is 7.89. The molecule has 0 bridgehead atoms. The van der Waals surface area contributed by atoms with Gasteiger partial charge >= 0.3 is 0 Å². The Morgan fingerprint density at radius 3 is 2.83 bits per heavy atom. The van der Waals surface area contributed by atoms with Crippen molar-refractivity contribution in [2.45, 2.75) is 4.90 Å². The minimum absolute atomic E-state index is 0.113. The number of carbonyl (C=O) groups is 1. The standard InChI is InChI=1S/C8H9N5O3S2/c1-13-2-6(18(9,15)16)7(12-13)11-8(14)5-3-17-4-10-5/h2-4H,1H3,(H2,9,15,16)(H,11,12,14). The van der Waals surface area contributed by atoms with Crippen molar-refractivity contribution < 1.29 is 13.2 Å². The molecule has 0 radical (unpaired) electrons. The first-order valence-corrected chi connectivity index (χ1v) is 7.13. The van der Waals surface area contributed by atoms with Gasteiger partial charge in [-0.3, -0.25) is 9.48 Å². The number of carbonyl (C=O) groups excluding carboxylic acids is 1. The van der Waals surface area contributed by atoms with Crippen LogP contribution in [-0.4, -0.2) is 29.1 Å². The van der Waals surface area contributed by atoms with Crippen molar-refractivity contribution in [3.63, 3.8) is 0 Å². The number of amides is 1. The Balaban J connectivity index is 2.33. The molecule has 3 N–H and O–H groups in total. The summed E-state index contributed by atoms with van der Waals surface area (Å²) in [5.41, 5.74) is 1.68. The number of sulfonamides is 1. The Kier molecular flexibility index (Phi) is 3.15. The summed E-state index contributed by atoms with van der Waals surface area (Å²) in [6.45, 7) is 0. The van der Waals surface area contributed by atoms with Gasteiger partial charge in [0, 0.05) is 18.6 Å². The third kappa shape index (κ3) is 2.55. The van der Waals surface area contributed by atoms with E-state index in [1.54, 1.807) is 0 Å². The minimum atomic E-state index is -3.94. The van der Waals surface area contributed by atoms with Crippen molar-refractivity contribution in [3.8, 4) is 0 Å². The number of rotatable bonds is 3. The van der Waals surface area contributed by atoms with Crippen LogP contribution in [-0.2, 0) is 17.1 Å². The van der Waals surface area contributed by atoms with Gasteiger partial charge in [-0.15, -0.1) is 11.3 Å². The van der Waals surface area contributed by atoms with E-state index in [1.807, 2.05) is 0 Å². The molecule has 2 aromatic rings. The first kappa shape index (κ1) is 12.7. The summed E-state index contributed by atoms with van der Waals surface area (Å²) in [5.74, 6) is -0.655. The highest BCUT2D eigenvalue weighted by Crippen LogP contribution is 2.18. The SMILES string of the molecule is Cn1cc(S(N)(=O)=O)c(NC(=O)c2cscn2)n1. The van der Waals surface area contributed by atoms with Crippen LogP contribution in [0, 0.1) is 0 Å². The van der Waals surface area contributed by atoms with Gasteiger partial charge in [-0.05, 0) is 0 Å². The number of nitrogens with zero attached hydrogens (tertiary/aromatic N) is 3. The smallest absolute Gasteiger partial charge is 0.276 e. The van der Waals surface area contributed by atoms with E-state index in [-0.39, 0.29) is 16.4 Å². The zero-order valence-corrected chi connectivity index (χ0v) is 10.8. The van der Waals surface area contributed by atoms with Crippen LogP contribution >= 0.6 is 11.3 Å². The van der Waals surface area contributed by atoms with E-state index < -0.39 is 15.9 Å². The van der Waals surface area contributed by atoms with Crippen LogP contribution in [0.4, 0.5) is 5.82 Å². The van der Waals surface area contributed by atoms with Gasteiger partial charge in [-0.25, -0.2) is 18.5 Å². The molecule has 0 unspecified atom stereocenters. The third-order valence-electron chi connectivity index (χ3n) is 2.00. The number of anilines is 1. The molecule has 0 saturated heterocycles. The van der Waals surface area contributed by atoms with Crippen molar-refractivity contribution in [3.05, 3.63) is 22.8 Å². The summed E-state index contributed by atoms with van der Waals surface area (Å²) < 4.78 is 23.8. The molecule has 8 nitrogen and oxygen atoms in total. The van der Waals surface area contributed by atoms with E-state index in [0.29, 0.717) is 0 Å². The average Bonchev–Trinajstić information content (AvgIpc) is 2.85. The molecule has 2 aromatic heterocycles. The van der Waals surface area contributed by atoms with E-state index in [9.17, 15) is 13.2 Å². The van der Waals surface area contributed by atoms with E-state index >= 15 is 0 Å². The number of thiazole rings is 1. The fraction of sp³-hybridized carbons (Fsp3) is 0.125. The number of hydrogen-bond acceptors (Lipinski definition) is 6. The second-order valence-corrected chi connectivity index (χ2v) is 5.64. The van der Waals surface area contributed by atoms with Gasteiger partial charge < -0.3 is 5.32 Å². The lowest BCUT2D eigenvalue weighted by Gasteiger charge is -2.01. The lowest BCUT2D eigenvalue weighted by Crippen LogP contribution is -2.18. The monoisotopic (exact) mass is 287 g/mol. The predicted octanol–water partition coefficient (Wildman–Crippen LogP) is -0.224. The van der Waals surface area contributed by atoms with Gasteiger partial charge in [0.1, 0.15) is 10.6 Å². The van der Waals surface area contributed by atoms with Crippen molar-refractivity contribution in [2.24, 2.45) is 12.2 Å². The second kappa shape index (κ2) is 4.48. The quantitative estimate of drug-likeness (QED) is 0.808. The van der Waals surface area contributed by atoms with Crippen molar-refractivity contribution in [2.75, 3.05) is 5.32 Å². The normalized spacial score (nSPS) is 11.4. The molecule has 0 aromatic carbocycles. The number of nitrogens with two attached hydrogens (primary N) is 1. The van der Waals surface area contributed by atoms with Crippen molar-refractivity contribution in [1.82, 2.24) is 14.8 Å². The van der Waals surface area contributed by atoms with Crippen LogP contribution in [0.15, 0.2) is 22.0 Å². The summed E-state index contributed by atoms with van der Waals surface area (Å²) in [6.07, 6.45) is 1.21. The van der Waals surface area contributed by atoms with E-state index in [2.05, 4.69) is 15.4 Å². The van der Waals surface area contributed by atoms with Gasteiger partial charge in [-0.1, -0.05) is 0 Å². The van der Waals surface area contributed by atoms with Gasteiger partial charge in [-0.2, -0.15) is 5.10 Å². The maximum absolute atomic E-state index is 11.7. The third-order valence-corrected chi connectivity index (χ3v) is 3.50. The molecule has 0 fully saturated rings. The largest absolute Gasteiger partial charge is 0.303 e. The summed E-state index contributed by atoms with van der Waals surface area (Å²) in [5, 5.41) is 12.7. The number of primary sulfonamides is 1. The molecule has 0 aliphatic carbocycles. The Hall–Kier alpha value is -1.78. The second-order valence-electron chi connectivity index (χ2n) is 3.39. The molecule has 96 valence electrons. The summed E-state index contributed by atoms with van der Waals surface area (Å²) >= 11 is 1.25. The van der Waals surface area contributed by atoms with Crippen LogP contribution < -0.4 is 10.5 Å². The van der Waals surface area contributed by atoms with Crippen LogP contribution in [0.3, 0.4) is 0 Å². The molecular weight excluding hydrogens is 278 g/mol. The molecule has 18 heavy (non-hydrogen) atoms. The van der Waals surface area contributed by atoms with E-state index in [1.165, 1.54) is 40.2 Å². The first-order chi connectivity index (χ1) is 8.38. The highest BCUT2D eigenvalue weighted by atomic mass is 32.2. The maximum atomic E-state index is 11.7. The number of hydrogen-bond donors (Lipinski definition) is 2. The van der Waals surface area contributed by atoms with Gasteiger partial charge in [0.2, 0.25) is 10.0 Å². The topological polar surface area (TPSA) is 120 Å². The van der Waals surface area contributed by atoms with Gasteiger partial charge in [0.15, 0.2) is 5.82 Å². The number of nitrogens with one attached hydrogen (secondary N) is 1. The molecule has 2 rings (SSSR count). The van der Waals surface area contributed by atoms with Crippen molar-refractivity contribution >= 4 is 33.1 Å². The first-order valence-electron chi connectivity index (χ1n) is 4.64. The summed E-state index contributed by atoms with van der Waals surface area (Å²) in [7, 11) is -2.42. The van der Waals surface area contributed by atoms with Gasteiger partial charge in [0.25, 0.3) is 5.91 Å². The Morgan fingerprint density at radius 2 is 2.28 bits per heavy atom. The molecule has 0 atom stereocenters. The molecule has 2 heterocycles. The maximum Gasteiger partial charge on any atom is 0.276 e. The Bertz CT molecular complexity index is 674. The number of aryl methyl sites for hydroxylation is 1. The zero-order chi connectivity index (χ0) is 13.3. The Morgan fingerprint density at radius 1 is 1.56 bits per heavy atom. The predicted molar refractivity (Wildman–Crippen MR) is 64.6 cm³/mol.